The van der Waals surface area contributed by atoms with E-state index in [0.29, 0.717) is 6.54 Å². The van der Waals surface area contributed by atoms with Crippen molar-refractivity contribution in [2.75, 3.05) is 33.7 Å². The number of carbonyl (C=O) groups is 1. The van der Waals surface area contributed by atoms with Crippen molar-refractivity contribution in [1.29, 1.82) is 0 Å². The van der Waals surface area contributed by atoms with Gasteiger partial charge in [0.15, 0.2) is 0 Å². The molecule has 1 amide bonds. The second-order valence-electron chi connectivity index (χ2n) is 3.74. The summed E-state index contributed by atoms with van der Waals surface area (Å²) < 4.78 is 0.809. The molecule has 3 nitrogen and oxygen atoms in total. The van der Waals surface area contributed by atoms with Crippen LogP contribution in [0.1, 0.15) is 12.8 Å². The number of hydrogen-bond donors (Lipinski definition) is 0. The van der Waals surface area contributed by atoms with Crippen LogP contribution in [0.15, 0.2) is 0 Å². The largest absolute Gasteiger partial charge is 0.348 e. The van der Waals surface area contributed by atoms with Crippen LogP contribution in [-0.4, -0.2) is 53.4 Å². The van der Waals surface area contributed by atoms with Gasteiger partial charge >= 0.3 is 0 Å². The zero-order valence-corrected chi connectivity index (χ0v) is 10.5. The van der Waals surface area contributed by atoms with Crippen LogP contribution >= 0.6 is 22.6 Å². The summed E-state index contributed by atoms with van der Waals surface area (Å²) in [6.45, 7) is 2.75. The van der Waals surface area contributed by atoms with Crippen LogP contribution in [0.25, 0.3) is 0 Å². The van der Waals surface area contributed by atoms with Crippen LogP contribution in [0.4, 0.5) is 0 Å². The van der Waals surface area contributed by atoms with E-state index in [-0.39, 0.29) is 5.91 Å². The van der Waals surface area contributed by atoms with E-state index in [1.165, 1.54) is 12.8 Å². The highest BCUT2D eigenvalue weighted by atomic mass is 127. The molecule has 0 spiro atoms. The second kappa shape index (κ2) is 5.14. The normalized spacial score (nSPS) is 20.2. The Balaban J connectivity index is 2.26. The fraction of sp³-hybridized carbons (Fsp3) is 0.889. The van der Waals surface area contributed by atoms with Crippen molar-refractivity contribution in [2.45, 2.75) is 16.8 Å². The average Bonchev–Trinajstić information content (AvgIpc) is 2.08. The lowest BCUT2D eigenvalue weighted by atomic mass is 10.1. The molecule has 0 bridgehead atoms. The summed E-state index contributed by atoms with van der Waals surface area (Å²) >= 11 is 2.49. The summed E-state index contributed by atoms with van der Waals surface area (Å²) in [6, 6.07) is 0. The molecular weight excluding hydrogens is 279 g/mol. The number of amides is 1. The Kier molecular flexibility index (Phi) is 4.45. The lowest BCUT2D eigenvalue weighted by Crippen LogP contribution is -2.41. The van der Waals surface area contributed by atoms with E-state index >= 15 is 0 Å². The van der Waals surface area contributed by atoms with E-state index < -0.39 is 0 Å². The molecule has 0 aromatic carbocycles. The molecule has 13 heavy (non-hydrogen) atoms. The van der Waals surface area contributed by atoms with E-state index in [4.69, 9.17) is 0 Å². The number of nitrogens with zero attached hydrogens (tertiary/aromatic N) is 2. The van der Waals surface area contributed by atoms with E-state index in [2.05, 4.69) is 27.5 Å². The molecule has 4 heteroatoms. The molecule has 0 atom stereocenters. The highest BCUT2D eigenvalue weighted by Gasteiger charge is 2.19. The topological polar surface area (TPSA) is 23.6 Å². The number of likely N-dealkylation sites (tertiary alicyclic amines) is 1. The minimum Gasteiger partial charge on any atom is -0.348 e. The molecule has 1 aliphatic rings. The maximum absolute atomic E-state index is 11.4. The molecule has 0 unspecified atom stereocenters. The summed E-state index contributed by atoms with van der Waals surface area (Å²) in [5, 5.41) is 0. The van der Waals surface area contributed by atoms with Gasteiger partial charge in [0.05, 0.1) is 6.54 Å². The second-order valence-corrected chi connectivity index (χ2v) is 5.50. The van der Waals surface area contributed by atoms with Crippen LogP contribution in [0.3, 0.4) is 0 Å². The molecule has 0 aromatic heterocycles. The molecule has 0 N–H and O–H groups in total. The molecule has 0 radical (unpaired) electrons. The van der Waals surface area contributed by atoms with Crippen LogP contribution in [0.5, 0.6) is 0 Å². The Bertz CT molecular complexity index is 176. The third-order valence-corrected chi connectivity index (χ3v) is 3.62. The van der Waals surface area contributed by atoms with E-state index in [0.717, 1.165) is 17.0 Å². The Labute approximate surface area is 93.6 Å². The molecule has 1 fully saturated rings. The van der Waals surface area contributed by atoms with Crippen molar-refractivity contribution in [2.24, 2.45) is 0 Å². The average molecular weight is 296 g/mol. The lowest BCUT2D eigenvalue weighted by molar-refractivity contribution is -0.130. The molecule has 1 rings (SSSR count). The molecule has 1 heterocycles. The van der Waals surface area contributed by atoms with Crippen LogP contribution in [-0.2, 0) is 4.79 Å². The summed E-state index contributed by atoms with van der Waals surface area (Å²) in [5.41, 5.74) is 0. The van der Waals surface area contributed by atoms with Gasteiger partial charge in [-0.25, -0.2) is 0 Å². The van der Waals surface area contributed by atoms with Gasteiger partial charge in [-0.2, -0.15) is 0 Å². The van der Waals surface area contributed by atoms with E-state index in [9.17, 15) is 4.79 Å². The van der Waals surface area contributed by atoms with E-state index in [1.54, 1.807) is 4.90 Å². The van der Waals surface area contributed by atoms with Gasteiger partial charge in [0, 0.05) is 18.0 Å². The van der Waals surface area contributed by atoms with Crippen molar-refractivity contribution in [3.63, 3.8) is 0 Å². The van der Waals surface area contributed by atoms with Gasteiger partial charge < -0.3 is 4.90 Å². The van der Waals surface area contributed by atoms with Crippen molar-refractivity contribution < 1.29 is 4.79 Å². The maximum atomic E-state index is 11.4. The van der Waals surface area contributed by atoms with Crippen LogP contribution < -0.4 is 0 Å². The van der Waals surface area contributed by atoms with Crippen LogP contribution in [0, 0.1) is 0 Å². The number of alkyl halides is 1. The Morgan fingerprint density at radius 2 is 2.00 bits per heavy atom. The van der Waals surface area contributed by atoms with E-state index in [1.807, 2.05) is 14.1 Å². The SMILES string of the molecule is CN(C)C(=O)CN1CCC(I)CC1. The van der Waals surface area contributed by atoms with Crippen molar-refractivity contribution >= 4 is 28.5 Å². The predicted molar refractivity (Wildman–Crippen MR) is 62.2 cm³/mol. The molecule has 1 aliphatic heterocycles. The molecule has 76 valence electrons. The quantitative estimate of drug-likeness (QED) is 0.560. The first kappa shape index (κ1) is 11.2. The molecular formula is C9H17IN2O. The smallest absolute Gasteiger partial charge is 0.236 e. The fourth-order valence-corrected chi connectivity index (χ4v) is 1.95. The Hall–Kier alpha value is 0.160. The number of likely N-dealkylation sites (N-methyl/N-ethyl adjacent to an activating group) is 1. The van der Waals surface area contributed by atoms with Gasteiger partial charge in [-0.3, -0.25) is 9.69 Å². The first-order valence-electron chi connectivity index (χ1n) is 4.66. The van der Waals surface area contributed by atoms with Gasteiger partial charge in [-0.15, -0.1) is 0 Å². The number of piperidine rings is 1. The van der Waals surface area contributed by atoms with Gasteiger partial charge in [0.2, 0.25) is 5.91 Å². The van der Waals surface area contributed by atoms with Gasteiger partial charge in [0.25, 0.3) is 0 Å². The van der Waals surface area contributed by atoms with Crippen molar-refractivity contribution in [3.8, 4) is 0 Å². The van der Waals surface area contributed by atoms with Gasteiger partial charge in [0.1, 0.15) is 0 Å². The zero-order valence-electron chi connectivity index (χ0n) is 8.29. The summed E-state index contributed by atoms with van der Waals surface area (Å²) in [4.78, 5) is 15.3. The fourth-order valence-electron chi connectivity index (χ4n) is 1.39. The molecule has 0 aliphatic carbocycles. The first-order valence-corrected chi connectivity index (χ1v) is 5.90. The zero-order chi connectivity index (χ0) is 9.84. The van der Waals surface area contributed by atoms with Crippen molar-refractivity contribution in [3.05, 3.63) is 0 Å². The monoisotopic (exact) mass is 296 g/mol. The van der Waals surface area contributed by atoms with Gasteiger partial charge in [-0.05, 0) is 25.9 Å². The highest BCUT2D eigenvalue weighted by Crippen LogP contribution is 2.17. The van der Waals surface area contributed by atoms with Crippen LogP contribution in [0.2, 0.25) is 0 Å². The summed E-state index contributed by atoms with van der Waals surface area (Å²) in [6.07, 6.45) is 2.45. The molecule has 1 saturated heterocycles. The maximum Gasteiger partial charge on any atom is 0.236 e. The number of halogens is 1. The summed E-state index contributed by atoms with van der Waals surface area (Å²) in [7, 11) is 3.63. The summed E-state index contributed by atoms with van der Waals surface area (Å²) in [5.74, 6) is 0.215. The van der Waals surface area contributed by atoms with Gasteiger partial charge in [-0.1, -0.05) is 22.6 Å². The lowest BCUT2D eigenvalue weighted by Gasteiger charge is -2.29. The molecule has 0 aromatic rings. The molecule has 0 saturated carbocycles. The van der Waals surface area contributed by atoms with Crippen molar-refractivity contribution in [1.82, 2.24) is 9.80 Å². The Morgan fingerprint density at radius 3 is 2.46 bits per heavy atom. The minimum atomic E-state index is 0.215. The highest BCUT2D eigenvalue weighted by molar-refractivity contribution is 14.1. The standard InChI is InChI=1S/C9H17IN2O/c1-11(2)9(13)7-12-5-3-8(10)4-6-12/h8H,3-7H2,1-2H3. The number of carbonyl (C=O) groups excluding carboxylic acids is 1. The third kappa shape index (κ3) is 3.81. The minimum absolute atomic E-state index is 0.215. The Morgan fingerprint density at radius 1 is 1.46 bits per heavy atom. The third-order valence-electron chi connectivity index (χ3n) is 2.37. The number of hydrogen-bond acceptors (Lipinski definition) is 2. The number of rotatable bonds is 2. The predicted octanol–water partition coefficient (Wildman–Crippen LogP) is 0.974. The first-order chi connectivity index (χ1) is 6.09.